The highest BCUT2D eigenvalue weighted by atomic mass is 19.1. The van der Waals surface area contributed by atoms with Crippen LogP contribution in [-0.4, -0.2) is 19.1 Å². The molecule has 4 rings (SSSR count). The minimum absolute atomic E-state index is 0.0367. The normalized spacial score (nSPS) is 15.5. The Morgan fingerprint density at radius 1 is 1.00 bits per heavy atom. The molecule has 0 saturated carbocycles. The lowest BCUT2D eigenvalue weighted by Crippen LogP contribution is -2.07. The number of benzene rings is 3. The molecule has 3 nitrogen and oxygen atoms in total. The Kier molecular flexibility index (Phi) is 5.38. The molecule has 0 aromatic heterocycles. The van der Waals surface area contributed by atoms with E-state index >= 15 is 0 Å². The monoisotopic (exact) mass is 391 g/mol. The molecule has 1 aliphatic heterocycles. The fourth-order valence-electron chi connectivity index (χ4n) is 3.27. The molecule has 5 heteroatoms. The van der Waals surface area contributed by atoms with E-state index in [1.807, 2.05) is 48.5 Å². The van der Waals surface area contributed by atoms with Crippen molar-refractivity contribution in [3.05, 3.63) is 102 Å². The fourth-order valence-corrected chi connectivity index (χ4v) is 3.27. The number of hydrogen-bond acceptors (Lipinski definition) is 3. The van der Waals surface area contributed by atoms with Crippen molar-refractivity contribution in [2.45, 2.75) is 6.04 Å². The minimum atomic E-state index is -0.703. The van der Waals surface area contributed by atoms with Crippen LogP contribution in [0.5, 0.6) is 5.75 Å². The van der Waals surface area contributed by atoms with E-state index in [0.29, 0.717) is 12.4 Å². The van der Waals surface area contributed by atoms with Gasteiger partial charge < -0.3 is 9.47 Å². The predicted molar refractivity (Wildman–Crippen MR) is 109 cm³/mol. The van der Waals surface area contributed by atoms with Gasteiger partial charge in [0.05, 0.1) is 0 Å². The summed E-state index contributed by atoms with van der Waals surface area (Å²) in [7, 11) is 0. The first-order chi connectivity index (χ1) is 14.2. The Morgan fingerprint density at radius 2 is 1.76 bits per heavy atom. The summed E-state index contributed by atoms with van der Waals surface area (Å²) in [4.78, 5) is 4.46. The van der Waals surface area contributed by atoms with Crippen molar-refractivity contribution >= 4 is 5.90 Å². The second-order valence-electron chi connectivity index (χ2n) is 6.58. The molecule has 0 spiro atoms. The van der Waals surface area contributed by atoms with Gasteiger partial charge in [-0.3, -0.25) is 0 Å². The third kappa shape index (κ3) is 3.90. The Labute approximate surface area is 167 Å². The largest absolute Gasteiger partial charge is 0.489 e. The number of aliphatic imine (C=N–C) groups is 1. The van der Waals surface area contributed by atoms with Crippen molar-refractivity contribution < 1.29 is 18.3 Å². The molecule has 29 heavy (non-hydrogen) atoms. The average Bonchev–Trinajstić information content (AvgIpc) is 3.22. The maximum atomic E-state index is 14.1. The topological polar surface area (TPSA) is 30.8 Å². The van der Waals surface area contributed by atoms with Crippen LogP contribution in [0.2, 0.25) is 0 Å². The van der Waals surface area contributed by atoms with Gasteiger partial charge in [0.1, 0.15) is 42.2 Å². The summed E-state index contributed by atoms with van der Waals surface area (Å²) in [6.07, 6.45) is 1.66. The molecule has 0 N–H and O–H groups in total. The molecule has 0 aliphatic carbocycles. The number of ether oxygens (including phenoxy) is 2. The summed E-state index contributed by atoms with van der Waals surface area (Å²) in [5.41, 5.74) is 2.59. The van der Waals surface area contributed by atoms with Gasteiger partial charge in [-0.05, 0) is 35.4 Å². The third-order valence-corrected chi connectivity index (χ3v) is 4.66. The van der Waals surface area contributed by atoms with Crippen LogP contribution >= 0.6 is 0 Å². The third-order valence-electron chi connectivity index (χ3n) is 4.66. The zero-order valence-electron chi connectivity index (χ0n) is 15.6. The van der Waals surface area contributed by atoms with Gasteiger partial charge in [-0.25, -0.2) is 13.8 Å². The molecule has 3 aromatic rings. The first-order valence-corrected chi connectivity index (χ1v) is 9.25. The number of nitrogens with zero attached hydrogens (tertiary/aromatic N) is 1. The van der Waals surface area contributed by atoms with Gasteiger partial charge in [-0.2, -0.15) is 0 Å². The van der Waals surface area contributed by atoms with Gasteiger partial charge in [0.25, 0.3) is 0 Å². The Bertz CT molecular complexity index is 1040. The van der Waals surface area contributed by atoms with Crippen LogP contribution in [0.1, 0.15) is 17.2 Å². The predicted octanol–water partition coefficient (Wildman–Crippen LogP) is 5.71. The second-order valence-corrected chi connectivity index (χ2v) is 6.58. The summed E-state index contributed by atoms with van der Waals surface area (Å²) in [5, 5.41) is 0. The van der Waals surface area contributed by atoms with Crippen molar-refractivity contribution in [2.24, 2.45) is 4.99 Å². The zero-order valence-corrected chi connectivity index (χ0v) is 15.6. The molecular formula is C24H19F2NO2. The van der Waals surface area contributed by atoms with Gasteiger partial charge in [-0.15, -0.1) is 0 Å². The van der Waals surface area contributed by atoms with E-state index in [2.05, 4.69) is 11.6 Å². The molecule has 0 saturated heterocycles. The quantitative estimate of drug-likeness (QED) is 0.504. The average molecular weight is 391 g/mol. The van der Waals surface area contributed by atoms with Crippen molar-refractivity contribution in [1.29, 1.82) is 0 Å². The van der Waals surface area contributed by atoms with Crippen molar-refractivity contribution in [2.75, 3.05) is 13.2 Å². The zero-order chi connectivity index (χ0) is 20.2. The van der Waals surface area contributed by atoms with Crippen LogP contribution in [0.4, 0.5) is 8.78 Å². The molecule has 0 radical (unpaired) electrons. The molecule has 0 bridgehead atoms. The van der Waals surface area contributed by atoms with Crippen LogP contribution in [-0.2, 0) is 4.74 Å². The summed E-state index contributed by atoms with van der Waals surface area (Å²) in [5.74, 6) is -0.807. The van der Waals surface area contributed by atoms with Gasteiger partial charge in [0, 0.05) is 5.56 Å². The number of halogens is 2. The lowest BCUT2D eigenvalue weighted by atomic mass is 9.99. The minimum Gasteiger partial charge on any atom is -0.489 e. The molecule has 146 valence electrons. The van der Waals surface area contributed by atoms with Gasteiger partial charge in [0.2, 0.25) is 5.90 Å². The lowest BCUT2D eigenvalue weighted by Gasteiger charge is -2.15. The lowest BCUT2D eigenvalue weighted by molar-refractivity contribution is 0.309. The Morgan fingerprint density at radius 3 is 2.48 bits per heavy atom. The SMILES string of the molecule is C=CCOc1ccc(-c2ccccc2)cc1C1COC(c2c(F)cccc2F)=N1. The van der Waals surface area contributed by atoms with Crippen LogP contribution in [0.25, 0.3) is 11.1 Å². The van der Waals surface area contributed by atoms with E-state index < -0.39 is 17.7 Å². The van der Waals surface area contributed by atoms with E-state index in [9.17, 15) is 8.78 Å². The van der Waals surface area contributed by atoms with E-state index in [4.69, 9.17) is 9.47 Å². The molecule has 1 atom stereocenters. The number of hydrogen-bond donors (Lipinski definition) is 0. The maximum absolute atomic E-state index is 14.1. The van der Waals surface area contributed by atoms with E-state index in [1.165, 1.54) is 18.2 Å². The smallest absolute Gasteiger partial charge is 0.222 e. The maximum Gasteiger partial charge on any atom is 0.222 e. The number of rotatable bonds is 6. The summed E-state index contributed by atoms with van der Waals surface area (Å²) in [6.45, 7) is 4.19. The van der Waals surface area contributed by atoms with Crippen molar-refractivity contribution in [3.63, 3.8) is 0 Å². The van der Waals surface area contributed by atoms with Crippen LogP contribution < -0.4 is 4.74 Å². The second kappa shape index (κ2) is 8.27. The molecular weight excluding hydrogens is 372 g/mol. The first-order valence-electron chi connectivity index (χ1n) is 9.25. The van der Waals surface area contributed by atoms with E-state index in [1.54, 1.807) is 6.08 Å². The van der Waals surface area contributed by atoms with Crippen LogP contribution in [0.15, 0.2) is 84.4 Å². The highest BCUT2D eigenvalue weighted by molar-refractivity contribution is 5.95. The first kappa shape index (κ1) is 18.9. The molecule has 3 aromatic carbocycles. The Balaban J connectivity index is 1.74. The standard InChI is InChI=1S/C24H19F2NO2/c1-2-13-28-22-12-11-17(16-7-4-3-5-8-16)14-18(22)21-15-29-24(27-21)23-19(25)9-6-10-20(23)26/h2-12,14,21H,1,13,15H2. The van der Waals surface area contributed by atoms with E-state index in [-0.39, 0.29) is 18.1 Å². The fraction of sp³-hybridized carbons (Fsp3) is 0.125. The highest BCUT2D eigenvalue weighted by Crippen LogP contribution is 2.36. The molecule has 0 fully saturated rings. The van der Waals surface area contributed by atoms with Crippen molar-refractivity contribution in [3.8, 4) is 16.9 Å². The van der Waals surface area contributed by atoms with Crippen LogP contribution in [0, 0.1) is 11.6 Å². The van der Waals surface area contributed by atoms with Gasteiger partial charge in [-0.1, -0.05) is 55.1 Å². The van der Waals surface area contributed by atoms with Gasteiger partial charge >= 0.3 is 0 Å². The molecule has 1 aliphatic rings. The summed E-state index contributed by atoms with van der Waals surface area (Å²) >= 11 is 0. The molecule has 0 amide bonds. The summed E-state index contributed by atoms with van der Waals surface area (Å²) in [6, 6.07) is 19.0. The molecule has 1 unspecified atom stereocenters. The van der Waals surface area contributed by atoms with E-state index in [0.717, 1.165) is 16.7 Å². The highest BCUT2D eigenvalue weighted by Gasteiger charge is 2.28. The molecule has 1 heterocycles. The Hall–Kier alpha value is -3.47. The van der Waals surface area contributed by atoms with Crippen LogP contribution in [0.3, 0.4) is 0 Å². The summed E-state index contributed by atoms with van der Waals surface area (Å²) < 4.78 is 39.6. The van der Waals surface area contributed by atoms with Crippen molar-refractivity contribution in [1.82, 2.24) is 0 Å². The van der Waals surface area contributed by atoms with Gasteiger partial charge in [0.15, 0.2) is 0 Å².